The average molecular weight is 424 g/mol. The number of carbonyl (C=O) groups is 2. The zero-order valence-electron chi connectivity index (χ0n) is 18.1. The first kappa shape index (κ1) is 22.5. The highest BCUT2D eigenvalue weighted by molar-refractivity contribution is 6.46. The Morgan fingerprint density at radius 3 is 2.71 bits per heavy atom. The molecule has 164 valence electrons. The number of pyridine rings is 1. The Morgan fingerprint density at radius 1 is 1.23 bits per heavy atom. The first-order valence-corrected chi connectivity index (χ1v) is 10.3. The van der Waals surface area contributed by atoms with Gasteiger partial charge in [-0.3, -0.25) is 14.6 Å². The van der Waals surface area contributed by atoms with Gasteiger partial charge in [-0.25, -0.2) is 0 Å². The van der Waals surface area contributed by atoms with Crippen LogP contribution in [0.3, 0.4) is 0 Å². The molecule has 0 saturated carbocycles. The third kappa shape index (κ3) is 5.11. The van der Waals surface area contributed by atoms with E-state index in [0.717, 1.165) is 0 Å². The predicted molar refractivity (Wildman–Crippen MR) is 117 cm³/mol. The van der Waals surface area contributed by atoms with Crippen LogP contribution >= 0.6 is 0 Å². The average Bonchev–Trinajstić information content (AvgIpc) is 3.03. The molecule has 1 aliphatic rings. The number of aliphatic hydroxyl groups is 1. The van der Waals surface area contributed by atoms with Crippen LogP contribution in [-0.4, -0.2) is 53.5 Å². The Bertz CT molecular complexity index is 955. The van der Waals surface area contributed by atoms with Crippen LogP contribution in [0.15, 0.2) is 54.4 Å². The molecule has 1 aromatic carbocycles. The zero-order chi connectivity index (χ0) is 22.4. The fraction of sp³-hybridized carbons (Fsp3) is 0.375. The van der Waals surface area contributed by atoms with Crippen LogP contribution in [-0.2, 0) is 14.3 Å². The van der Waals surface area contributed by atoms with Crippen molar-refractivity contribution in [1.82, 2.24) is 9.88 Å². The van der Waals surface area contributed by atoms with Crippen molar-refractivity contribution in [3.63, 3.8) is 0 Å². The van der Waals surface area contributed by atoms with Crippen molar-refractivity contribution < 1.29 is 24.2 Å². The second kappa shape index (κ2) is 10.2. The molecule has 3 rings (SSSR count). The van der Waals surface area contributed by atoms with Gasteiger partial charge in [-0.05, 0) is 36.1 Å². The number of hydrogen-bond acceptors (Lipinski definition) is 6. The molecule has 0 radical (unpaired) electrons. The number of methoxy groups -OCH3 is 1. The molecule has 1 saturated heterocycles. The Morgan fingerprint density at radius 2 is 2.03 bits per heavy atom. The zero-order valence-corrected chi connectivity index (χ0v) is 18.1. The van der Waals surface area contributed by atoms with Gasteiger partial charge in [0.05, 0.1) is 18.2 Å². The predicted octanol–water partition coefficient (Wildman–Crippen LogP) is 3.57. The summed E-state index contributed by atoms with van der Waals surface area (Å²) >= 11 is 0. The number of carbonyl (C=O) groups excluding carboxylic acids is 2. The smallest absolute Gasteiger partial charge is 0.295 e. The van der Waals surface area contributed by atoms with Gasteiger partial charge in [0.25, 0.3) is 11.7 Å². The number of Topliss-reactive ketones (excluding diaryl/α,β-unsaturated/α-hetero) is 1. The molecule has 0 spiro atoms. The summed E-state index contributed by atoms with van der Waals surface area (Å²) in [6.45, 7) is 5.40. The number of aliphatic hydroxyl groups excluding tert-OH is 1. The van der Waals surface area contributed by atoms with Gasteiger partial charge in [-0.1, -0.05) is 32.0 Å². The van der Waals surface area contributed by atoms with Crippen LogP contribution in [0, 0.1) is 5.92 Å². The van der Waals surface area contributed by atoms with E-state index in [2.05, 4.69) is 4.98 Å². The molecule has 1 unspecified atom stereocenters. The monoisotopic (exact) mass is 424 g/mol. The molecule has 2 heterocycles. The van der Waals surface area contributed by atoms with E-state index in [-0.39, 0.29) is 11.3 Å². The van der Waals surface area contributed by atoms with E-state index < -0.39 is 17.7 Å². The summed E-state index contributed by atoms with van der Waals surface area (Å²) in [5, 5.41) is 11.1. The maximum absolute atomic E-state index is 13.0. The topological polar surface area (TPSA) is 89.0 Å². The SMILES string of the molecule is COCCCN1C(=O)C(=O)/C(=C(\O)c2cccc(OCC(C)C)c2)C1c1cccnc1. The molecule has 31 heavy (non-hydrogen) atoms. The maximum atomic E-state index is 13.0. The molecule has 2 aromatic rings. The standard InChI is InChI=1S/C24H28N2O5/c1-16(2)15-31-19-9-4-7-17(13-19)22(27)20-21(18-8-5-10-25-14-18)26(11-6-12-30-3)24(29)23(20)28/h4-5,7-10,13-14,16,21,27H,6,11-12,15H2,1-3H3/b22-20-. The summed E-state index contributed by atoms with van der Waals surface area (Å²) in [4.78, 5) is 31.4. The lowest BCUT2D eigenvalue weighted by Gasteiger charge is -2.25. The molecule has 1 N–H and O–H groups in total. The van der Waals surface area contributed by atoms with E-state index in [1.54, 1.807) is 55.9 Å². The molecular weight excluding hydrogens is 396 g/mol. The lowest BCUT2D eigenvalue weighted by Crippen LogP contribution is -2.31. The van der Waals surface area contributed by atoms with Crippen LogP contribution in [0.1, 0.15) is 37.4 Å². The molecule has 1 amide bonds. The van der Waals surface area contributed by atoms with Gasteiger partial charge < -0.3 is 19.5 Å². The van der Waals surface area contributed by atoms with Crippen LogP contribution < -0.4 is 4.74 Å². The molecule has 0 bridgehead atoms. The van der Waals surface area contributed by atoms with Crippen molar-refractivity contribution in [2.24, 2.45) is 5.92 Å². The van der Waals surface area contributed by atoms with Gasteiger partial charge in [0, 0.05) is 38.2 Å². The highest BCUT2D eigenvalue weighted by atomic mass is 16.5. The summed E-state index contributed by atoms with van der Waals surface area (Å²) in [6.07, 6.45) is 3.80. The van der Waals surface area contributed by atoms with Crippen LogP contribution in [0.4, 0.5) is 0 Å². The van der Waals surface area contributed by atoms with E-state index in [4.69, 9.17) is 9.47 Å². The van der Waals surface area contributed by atoms with Crippen molar-refractivity contribution in [2.75, 3.05) is 26.9 Å². The molecule has 7 nitrogen and oxygen atoms in total. The van der Waals surface area contributed by atoms with E-state index in [1.165, 1.54) is 4.90 Å². The van der Waals surface area contributed by atoms with Gasteiger partial charge in [-0.15, -0.1) is 0 Å². The number of ketones is 1. The number of rotatable bonds is 9. The van der Waals surface area contributed by atoms with E-state index in [0.29, 0.717) is 49.0 Å². The second-order valence-corrected chi connectivity index (χ2v) is 7.86. The summed E-state index contributed by atoms with van der Waals surface area (Å²) in [7, 11) is 1.58. The molecule has 1 aromatic heterocycles. The summed E-state index contributed by atoms with van der Waals surface area (Å²) in [5.74, 6) is -0.641. The Balaban J connectivity index is 2.03. The van der Waals surface area contributed by atoms with Gasteiger partial charge in [-0.2, -0.15) is 0 Å². The number of hydrogen-bond donors (Lipinski definition) is 1. The van der Waals surface area contributed by atoms with Crippen molar-refractivity contribution in [3.8, 4) is 5.75 Å². The first-order chi connectivity index (χ1) is 14.9. The quantitative estimate of drug-likeness (QED) is 0.286. The molecule has 1 aliphatic heterocycles. The Labute approximate surface area is 182 Å². The number of aromatic nitrogens is 1. The summed E-state index contributed by atoms with van der Waals surface area (Å²) in [5.41, 5.74) is 1.13. The number of ether oxygens (including phenoxy) is 2. The highest BCUT2D eigenvalue weighted by Gasteiger charge is 2.45. The van der Waals surface area contributed by atoms with Crippen LogP contribution in [0.5, 0.6) is 5.75 Å². The third-order valence-electron chi connectivity index (χ3n) is 4.98. The van der Waals surface area contributed by atoms with Gasteiger partial charge in [0.2, 0.25) is 0 Å². The van der Waals surface area contributed by atoms with Gasteiger partial charge in [0.15, 0.2) is 0 Å². The van der Waals surface area contributed by atoms with Crippen molar-refractivity contribution in [3.05, 3.63) is 65.5 Å². The van der Waals surface area contributed by atoms with E-state index in [9.17, 15) is 14.7 Å². The van der Waals surface area contributed by atoms with E-state index >= 15 is 0 Å². The number of amides is 1. The minimum atomic E-state index is -0.717. The molecule has 1 atom stereocenters. The minimum absolute atomic E-state index is 0.0522. The molecule has 0 aliphatic carbocycles. The van der Waals surface area contributed by atoms with Crippen molar-refractivity contribution in [1.29, 1.82) is 0 Å². The first-order valence-electron chi connectivity index (χ1n) is 10.3. The molecule has 7 heteroatoms. The van der Waals surface area contributed by atoms with Crippen molar-refractivity contribution in [2.45, 2.75) is 26.3 Å². The van der Waals surface area contributed by atoms with Crippen LogP contribution in [0.2, 0.25) is 0 Å². The largest absolute Gasteiger partial charge is 0.507 e. The Kier molecular flexibility index (Phi) is 7.41. The lowest BCUT2D eigenvalue weighted by atomic mass is 9.96. The molecule has 1 fully saturated rings. The number of benzene rings is 1. The normalized spacial score (nSPS) is 18.1. The van der Waals surface area contributed by atoms with Gasteiger partial charge in [0.1, 0.15) is 11.5 Å². The van der Waals surface area contributed by atoms with Crippen LogP contribution in [0.25, 0.3) is 5.76 Å². The fourth-order valence-corrected chi connectivity index (χ4v) is 3.53. The lowest BCUT2D eigenvalue weighted by molar-refractivity contribution is -0.140. The maximum Gasteiger partial charge on any atom is 0.295 e. The number of likely N-dealkylation sites (tertiary alicyclic amines) is 1. The fourth-order valence-electron chi connectivity index (χ4n) is 3.53. The molecular formula is C24H28N2O5. The minimum Gasteiger partial charge on any atom is -0.507 e. The van der Waals surface area contributed by atoms with Crippen molar-refractivity contribution >= 4 is 17.4 Å². The summed E-state index contributed by atoms with van der Waals surface area (Å²) < 4.78 is 10.8. The number of nitrogens with zero attached hydrogens (tertiary/aromatic N) is 2. The van der Waals surface area contributed by atoms with E-state index in [1.807, 2.05) is 13.8 Å². The Hall–Kier alpha value is -3.19. The van der Waals surface area contributed by atoms with Gasteiger partial charge >= 0.3 is 0 Å². The third-order valence-corrected chi connectivity index (χ3v) is 4.98. The second-order valence-electron chi connectivity index (χ2n) is 7.86. The highest BCUT2D eigenvalue weighted by Crippen LogP contribution is 2.39. The summed E-state index contributed by atoms with van der Waals surface area (Å²) in [6, 6.07) is 9.73.